The van der Waals surface area contributed by atoms with Gasteiger partial charge in [0.1, 0.15) is 0 Å². The van der Waals surface area contributed by atoms with Crippen molar-refractivity contribution in [3.63, 3.8) is 0 Å². The first kappa shape index (κ1) is 11.2. The largest absolute Gasteiger partial charge is 0.441 e. The maximum atomic E-state index is 11.9. The lowest BCUT2D eigenvalue weighted by Gasteiger charge is -2.40. The SMILES string of the molecule is CCC(=O)OC1CC2CCCN2C(=O)N1C. The van der Waals surface area contributed by atoms with Crippen LogP contribution in [0.5, 0.6) is 0 Å². The number of fused-ring (bicyclic) bond motifs is 1. The fourth-order valence-electron chi connectivity index (χ4n) is 2.41. The smallest absolute Gasteiger partial charge is 0.322 e. The summed E-state index contributed by atoms with van der Waals surface area (Å²) in [7, 11) is 1.70. The second-order valence-electron chi connectivity index (χ2n) is 4.42. The molecule has 16 heavy (non-hydrogen) atoms. The molecule has 2 aliphatic rings. The van der Waals surface area contributed by atoms with Gasteiger partial charge in [-0.3, -0.25) is 9.69 Å². The first-order chi connectivity index (χ1) is 7.63. The van der Waals surface area contributed by atoms with Gasteiger partial charge < -0.3 is 9.64 Å². The molecule has 2 heterocycles. The fourth-order valence-corrected chi connectivity index (χ4v) is 2.41. The molecule has 0 radical (unpaired) electrons. The van der Waals surface area contributed by atoms with Gasteiger partial charge in [-0.1, -0.05) is 6.92 Å². The number of hydrogen-bond acceptors (Lipinski definition) is 3. The number of nitrogens with zero attached hydrogens (tertiary/aromatic N) is 2. The summed E-state index contributed by atoms with van der Waals surface area (Å²) in [6.07, 6.45) is 2.80. The minimum atomic E-state index is -0.376. The lowest BCUT2D eigenvalue weighted by Crippen LogP contribution is -2.56. The van der Waals surface area contributed by atoms with Gasteiger partial charge in [0.25, 0.3) is 0 Å². The fraction of sp³-hybridized carbons (Fsp3) is 0.818. The van der Waals surface area contributed by atoms with Crippen LogP contribution in [0.25, 0.3) is 0 Å². The van der Waals surface area contributed by atoms with Crippen molar-refractivity contribution in [3.05, 3.63) is 0 Å². The molecule has 0 bridgehead atoms. The Balaban J connectivity index is 2.04. The molecule has 0 aromatic rings. The van der Waals surface area contributed by atoms with E-state index in [1.54, 1.807) is 14.0 Å². The Morgan fingerprint density at radius 1 is 1.56 bits per heavy atom. The van der Waals surface area contributed by atoms with E-state index in [1.165, 1.54) is 4.90 Å². The molecule has 0 aliphatic carbocycles. The molecule has 2 saturated heterocycles. The highest BCUT2D eigenvalue weighted by Gasteiger charge is 2.41. The van der Waals surface area contributed by atoms with Crippen LogP contribution in [-0.2, 0) is 9.53 Å². The van der Waals surface area contributed by atoms with Crippen LogP contribution in [0.4, 0.5) is 4.79 Å². The van der Waals surface area contributed by atoms with Crippen LogP contribution in [0, 0.1) is 0 Å². The second kappa shape index (κ2) is 4.31. The first-order valence-electron chi connectivity index (χ1n) is 5.86. The molecule has 2 rings (SSSR count). The third-order valence-electron chi connectivity index (χ3n) is 3.39. The van der Waals surface area contributed by atoms with Gasteiger partial charge in [0.2, 0.25) is 0 Å². The molecule has 2 fully saturated rings. The molecule has 5 nitrogen and oxygen atoms in total. The maximum absolute atomic E-state index is 11.9. The molecule has 0 N–H and O–H groups in total. The van der Waals surface area contributed by atoms with Crippen LogP contribution in [-0.4, -0.2) is 47.7 Å². The Morgan fingerprint density at radius 3 is 3.00 bits per heavy atom. The van der Waals surface area contributed by atoms with Crippen molar-refractivity contribution in [2.75, 3.05) is 13.6 Å². The van der Waals surface area contributed by atoms with E-state index in [2.05, 4.69) is 0 Å². The Morgan fingerprint density at radius 2 is 2.31 bits per heavy atom. The number of carbonyl (C=O) groups is 2. The highest BCUT2D eigenvalue weighted by molar-refractivity contribution is 5.76. The maximum Gasteiger partial charge on any atom is 0.322 e. The number of urea groups is 1. The van der Waals surface area contributed by atoms with E-state index < -0.39 is 0 Å². The number of rotatable bonds is 2. The monoisotopic (exact) mass is 226 g/mol. The van der Waals surface area contributed by atoms with E-state index in [1.807, 2.05) is 4.90 Å². The Hall–Kier alpha value is -1.26. The Labute approximate surface area is 95.3 Å². The second-order valence-corrected chi connectivity index (χ2v) is 4.42. The Kier molecular flexibility index (Phi) is 3.03. The van der Waals surface area contributed by atoms with Crippen molar-refractivity contribution in [1.82, 2.24) is 9.80 Å². The van der Waals surface area contributed by atoms with Gasteiger partial charge >= 0.3 is 12.0 Å². The van der Waals surface area contributed by atoms with Crippen LogP contribution >= 0.6 is 0 Å². The molecule has 0 spiro atoms. The minimum absolute atomic E-state index is 0.0114. The quantitative estimate of drug-likeness (QED) is 0.664. The van der Waals surface area contributed by atoms with Crippen molar-refractivity contribution in [2.45, 2.75) is 44.9 Å². The van der Waals surface area contributed by atoms with Crippen LogP contribution in [0.2, 0.25) is 0 Å². The van der Waals surface area contributed by atoms with Gasteiger partial charge in [-0.15, -0.1) is 0 Å². The topological polar surface area (TPSA) is 49.9 Å². The van der Waals surface area contributed by atoms with E-state index in [4.69, 9.17) is 4.74 Å². The van der Waals surface area contributed by atoms with Gasteiger partial charge in [0.15, 0.2) is 6.23 Å². The summed E-state index contributed by atoms with van der Waals surface area (Å²) in [5.74, 6) is -0.240. The van der Waals surface area contributed by atoms with E-state index in [0.717, 1.165) is 25.8 Å². The van der Waals surface area contributed by atoms with Crippen LogP contribution in [0.3, 0.4) is 0 Å². The summed E-state index contributed by atoms with van der Waals surface area (Å²) in [5, 5.41) is 0. The molecule has 2 aliphatic heterocycles. The van der Waals surface area contributed by atoms with Crippen molar-refractivity contribution >= 4 is 12.0 Å². The van der Waals surface area contributed by atoms with Crippen LogP contribution in [0.1, 0.15) is 32.6 Å². The summed E-state index contributed by atoms with van der Waals surface area (Å²) in [6, 6.07) is 0.251. The first-order valence-corrected chi connectivity index (χ1v) is 5.86. The summed E-state index contributed by atoms with van der Waals surface area (Å²) in [4.78, 5) is 26.6. The molecular formula is C11H18N2O3. The van der Waals surface area contributed by atoms with Crippen molar-refractivity contribution in [3.8, 4) is 0 Å². The summed E-state index contributed by atoms with van der Waals surface area (Å²) < 4.78 is 5.27. The molecule has 2 unspecified atom stereocenters. The minimum Gasteiger partial charge on any atom is -0.441 e. The van der Waals surface area contributed by atoms with Crippen molar-refractivity contribution in [1.29, 1.82) is 0 Å². The van der Waals surface area contributed by atoms with E-state index in [9.17, 15) is 9.59 Å². The lowest BCUT2D eigenvalue weighted by atomic mass is 10.1. The highest BCUT2D eigenvalue weighted by atomic mass is 16.6. The number of amides is 2. The molecule has 0 saturated carbocycles. The molecular weight excluding hydrogens is 208 g/mol. The predicted octanol–water partition coefficient (Wildman–Crippen LogP) is 1.19. The standard InChI is InChI=1S/C11H18N2O3/c1-3-10(14)16-9-7-8-5-4-6-13(8)11(15)12(9)2/h8-9H,3-7H2,1-2H3. The predicted molar refractivity (Wildman–Crippen MR) is 57.7 cm³/mol. The zero-order valence-corrected chi connectivity index (χ0v) is 9.81. The number of ether oxygens (including phenoxy) is 1. The molecule has 5 heteroatoms. The highest BCUT2D eigenvalue weighted by Crippen LogP contribution is 2.29. The van der Waals surface area contributed by atoms with Crippen LogP contribution < -0.4 is 0 Å². The van der Waals surface area contributed by atoms with Gasteiger partial charge in [-0.05, 0) is 12.8 Å². The summed E-state index contributed by atoms with van der Waals surface area (Å²) in [6.45, 7) is 2.59. The Bertz CT molecular complexity index is 306. The average Bonchev–Trinajstić information content (AvgIpc) is 2.73. The molecule has 2 atom stereocenters. The third-order valence-corrected chi connectivity index (χ3v) is 3.39. The van der Waals surface area contributed by atoms with Gasteiger partial charge in [-0.25, -0.2) is 4.79 Å². The number of esters is 1. The van der Waals surface area contributed by atoms with Gasteiger partial charge in [0.05, 0.1) is 0 Å². The summed E-state index contributed by atoms with van der Waals surface area (Å²) >= 11 is 0. The van der Waals surface area contributed by atoms with Gasteiger partial charge in [-0.2, -0.15) is 0 Å². The van der Waals surface area contributed by atoms with Crippen molar-refractivity contribution < 1.29 is 14.3 Å². The van der Waals surface area contributed by atoms with E-state index in [-0.39, 0.29) is 24.3 Å². The lowest BCUT2D eigenvalue weighted by molar-refractivity contribution is -0.159. The zero-order valence-electron chi connectivity index (χ0n) is 9.81. The molecule has 0 aromatic carbocycles. The summed E-state index contributed by atoms with van der Waals surface area (Å²) in [5.41, 5.74) is 0. The molecule has 0 aromatic heterocycles. The van der Waals surface area contributed by atoms with E-state index >= 15 is 0 Å². The number of hydrogen-bond donors (Lipinski definition) is 0. The molecule has 90 valence electrons. The third kappa shape index (κ3) is 1.86. The van der Waals surface area contributed by atoms with Crippen molar-refractivity contribution in [2.24, 2.45) is 0 Å². The average molecular weight is 226 g/mol. The molecule has 2 amide bonds. The normalized spacial score (nSPS) is 29.2. The van der Waals surface area contributed by atoms with Crippen LogP contribution in [0.15, 0.2) is 0 Å². The van der Waals surface area contributed by atoms with Gasteiger partial charge in [0, 0.05) is 32.5 Å². The zero-order chi connectivity index (χ0) is 11.7. The van der Waals surface area contributed by atoms with E-state index in [0.29, 0.717) is 6.42 Å². The number of carbonyl (C=O) groups excluding carboxylic acids is 2.